The molecule has 0 bridgehead atoms. The highest BCUT2D eigenvalue weighted by Crippen LogP contribution is 2.19. The van der Waals surface area contributed by atoms with Gasteiger partial charge in [-0.3, -0.25) is 9.78 Å². The number of carboxylic acid groups (broad SMARTS) is 1. The van der Waals surface area contributed by atoms with Crippen molar-refractivity contribution in [1.29, 1.82) is 0 Å². The first-order valence-electron chi connectivity index (χ1n) is 7.58. The van der Waals surface area contributed by atoms with Crippen molar-refractivity contribution in [1.82, 2.24) is 9.97 Å². The molecule has 1 aromatic heterocycles. The summed E-state index contributed by atoms with van der Waals surface area (Å²) in [6.45, 7) is 1.71. The fourth-order valence-electron chi connectivity index (χ4n) is 2.30. The third kappa shape index (κ3) is 3.69. The lowest BCUT2D eigenvalue weighted by atomic mass is 10.1. The molecule has 0 aliphatic heterocycles. The van der Waals surface area contributed by atoms with Crippen LogP contribution in [-0.4, -0.2) is 27.0 Å². The maximum atomic E-state index is 12.5. The molecule has 0 atom stereocenters. The van der Waals surface area contributed by atoms with Crippen LogP contribution < -0.4 is 5.32 Å². The number of benzene rings is 2. The Hall–Kier alpha value is -3.54. The summed E-state index contributed by atoms with van der Waals surface area (Å²) in [7, 11) is 0. The summed E-state index contributed by atoms with van der Waals surface area (Å²) in [5.41, 5.74) is 2.78. The van der Waals surface area contributed by atoms with Crippen molar-refractivity contribution in [2.75, 3.05) is 5.32 Å². The Balaban J connectivity index is 1.90. The van der Waals surface area contributed by atoms with Crippen LogP contribution in [-0.2, 0) is 0 Å². The van der Waals surface area contributed by atoms with E-state index in [1.807, 2.05) is 18.2 Å². The van der Waals surface area contributed by atoms with Crippen molar-refractivity contribution >= 4 is 17.6 Å². The SMILES string of the molecule is Cc1ncc(-c2ccc(C(=O)O)cc2)nc1C(=O)Nc1ccccc1. The number of rotatable bonds is 4. The van der Waals surface area contributed by atoms with Crippen LogP contribution in [0.2, 0.25) is 0 Å². The highest BCUT2D eigenvalue weighted by Gasteiger charge is 2.14. The number of nitrogens with zero attached hydrogens (tertiary/aromatic N) is 2. The Morgan fingerprint density at radius 2 is 1.68 bits per heavy atom. The molecule has 0 aliphatic carbocycles. The van der Waals surface area contributed by atoms with Crippen molar-refractivity contribution in [3.05, 3.63) is 77.7 Å². The van der Waals surface area contributed by atoms with Gasteiger partial charge in [0.2, 0.25) is 0 Å². The number of nitrogens with one attached hydrogen (secondary N) is 1. The molecule has 3 aromatic rings. The number of aryl methyl sites for hydroxylation is 1. The van der Waals surface area contributed by atoms with E-state index in [-0.39, 0.29) is 17.2 Å². The van der Waals surface area contributed by atoms with Gasteiger partial charge in [-0.05, 0) is 31.2 Å². The standard InChI is InChI=1S/C19H15N3O3/c1-12-17(18(23)21-15-5-3-2-4-6-15)22-16(11-20-12)13-7-9-14(10-8-13)19(24)25/h2-11H,1H3,(H,21,23)(H,24,25). The minimum absolute atomic E-state index is 0.186. The molecule has 0 aliphatic rings. The van der Waals surface area contributed by atoms with E-state index in [0.29, 0.717) is 22.6 Å². The molecular formula is C19H15N3O3. The molecule has 1 heterocycles. The fourth-order valence-corrected chi connectivity index (χ4v) is 2.30. The van der Waals surface area contributed by atoms with Crippen LogP contribution in [0, 0.1) is 6.92 Å². The van der Waals surface area contributed by atoms with Crippen LogP contribution >= 0.6 is 0 Å². The molecular weight excluding hydrogens is 318 g/mol. The van der Waals surface area contributed by atoms with E-state index in [4.69, 9.17) is 5.11 Å². The average molecular weight is 333 g/mol. The fraction of sp³-hybridized carbons (Fsp3) is 0.0526. The van der Waals surface area contributed by atoms with Crippen LogP contribution in [0.1, 0.15) is 26.5 Å². The second kappa shape index (κ2) is 6.92. The van der Waals surface area contributed by atoms with Crippen LogP contribution in [0.25, 0.3) is 11.3 Å². The van der Waals surface area contributed by atoms with Gasteiger partial charge >= 0.3 is 5.97 Å². The monoisotopic (exact) mass is 333 g/mol. The third-order valence-electron chi connectivity index (χ3n) is 3.63. The van der Waals surface area contributed by atoms with Crippen molar-refractivity contribution in [3.63, 3.8) is 0 Å². The Morgan fingerprint density at radius 3 is 2.32 bits per heavy atom. The first kappa shape index (κ1) is 16.3. The molecule has 3 rings (SSSR count). The molecule has 25 heavy (non-hydrogen) atoms. The van der Waals surface area contributed by atoms with Gasteiger partial charge in [0, 0.05) is 11.3 Å². The predicted molar refractivity (Wildman–Crippen MR) is 93.6 cm³/mol. The van der Waals surface area contributed by atoms with Gasteiger partial charge in [-0.15, -0.1) is 0 Å². The predicted octanol–water partition coefficient (Wildman–Crippen LogP) is 3.40. The molecule has 2 N–H and O–H groups in total. The lowest BCUT2D eigenvalue weighted by Crippen LogP contribution is -2.16. The molecule has 0 radical (unpaired) electrons. The van der Waals surface area contributed by atoms with Crippen LogP contribution in [0.5, 0.6) is 0 Å². The number of carbonyl (C=O) groups excluding carboxylic acids is 1. The summed E-state index contributed by atoms with van der Waals surface area (Å²) >= 11 is 0. The zero-order valence-corrected chi connectivity index (χ0v) is 13.4. The van der Waals surface area contributed by atoms with E-state index in [1.54, 1.807) is 37.4 Å². The van der Waals surface area contributed by atoms with Gasteiger partial charge in [0.1, 0.15) is 5.69 Å². The topological polar surface area (TPSA) is 92.2 Å². The van der Waals surface area contributed by atoms with E-state index in [1.165, 1.54) is 12.1 Å². The summed E-state index contributed by atoms with van der Waals surface area (Å²) in [6.07, 6.45) is 1.56. The van der Waals surface area contributed by atoms with Gasteiger partial charge in [-0.2, -0.15) is 0 Å². The number of aromatic nitrogens is 2. The molecule has 0 saturated carbocycles. The van der Waals surface area contributed by atoms with Crippen LogP contribution in [0.3, 0.4) is 0 Å². The summed E-state index contributed by atoms with van der Waals surface area (Å²) in [5.74, 6) is -1.34. The third-order valence-corrected chi connectivity index (χ3v) is 3.63. The van der Waals surface area contributed by atoms with Gasteiger partial charge in [-0.1, -0.05) is 30.3 Å². The summed E-state index contributed by atoms with van der Waals surface area (Å²) in [4.78, 5) is 32.0. The lowest BCUT2D eigenvalue weighted by molar-refractivity contribution is 0.0696. The van der Waals surface area contributed by atoms with Crippen molar-refractivity contribution in [2.45, 2.75) is 6.92 Å². The van der Waals surface area contributed by atoms with Crippen LogP contribution in [0.4, 0.5) is 5.69 Å². The zero-order chi connectivity index (χ0) is 17.8. The summed E-state index contributed by atoms with van der Waals surface area (Å²) in [6, 6.07) is 15.4. The number of aromatic carboxylic acids is 1. The average Bonchev–Trinajstić information content (AvgIpc) is 2.63. The van der Waals surface area contributed by atoms with E-state index in [0.717, 1.165) is 0 Å². The van der Waals surface area contributed by atoms with Crippen molar-refractivity contribution < 1.29 is 14.7 Å². The molecule has 1 amide bonds. The number of hydrogen-bond acceptors (Lipinski definition) is 4. The maximum absolute atomic E-state index is 12.5. The Morgan fingerprint density at radius 1 is 1.00 bits per heavy atom. The number of hydrogen-bond donors (Lipinski definition) is 2. The van der Waals surface area contributed by atoms with Gasteiger partial charge in [-0.25, -0.2) is 9.78 Å². The first-order valence-corrected chi connectivity index (χ1v) is 7.58. The Labute approximate surface area is 144 Å². The Bertz CT molecular complexity index is 922. The molecule has 0 saturated heterocycles. The van der Waals surface area contributed by atoms with E-state index in [9.17, 15) is 9.59 Å². The van der Waals surface area contributed by atoms with Crippen LogP contribution in [0.15, 0.2) is 60.8 Å². The van der Waals surface area contributed by atoms with Crippen molar-refractivity contribution in [3.8, 4) is 11.3 Å². The molecule has 2 aromatic carbocycles. The zero-order valence-electron chi connectivity index (χ0n) is 13.4. The highest BCUT2D eigenvalue weighted by atomic mass is 16.4. The van der Waals surface area contributed by atoms with Gasteiger partial charge in [0.15, 0.2) is 0 Å². The van der Waals surface area contributed by atoms with E-state index >= 15 is 0 Å². The largest absolute Gasteiger partial charge is 0.478 e. The number of carbonyl (C=O) groups is 2. The molecule has 0 fully saturated rings. The number of carboxylic acids is 1. The summed E-state index contributed by atoms with van der Waals surface area (Å²) in [5, 5.41) is 11.7. The van der Waals surface area contributed by atoms with E-state index < -0.39 is 5.97 Å². The smallest absolute Gasteiger partial charge is 0.335 e. The first-order chi connectivity index (χ1) is 12.0. The maximum Gasteiger partial charge on any atom is 0.335 e. The summed E-state index contributed by atoms with van der Waals surface area (Å²) < 4.78 is 0. The minimum atomic E-state index is -0.996. The molecule has 0 unspecified atom stereocenters. The molecule has 6 nitrogen and oxygen atoms in total. The van der Waals surface area contributed by atoms with Crippen molar-refractivity contribution in [2.24, 2.45) is 0 Å². The van der Waals surface area contributed by atoms with Gasteiger partial charge < -0.3 is 10.4 Å². The quantitative estimate of drug-likeness (QED) is 0.763. The number of para-hydroxylation sites is 1. The molecule has 6 heteroatoms. The number of anilines is 1. The Kier molecular flexibility index (Phi) is 4.52. The lowest BCUT2D eigenvalue weighted by Gasteiger charge is -2.08. The molecule has 0 spiro atoms. The minimum Gasteiger partial charge on any atom is -0.478 e. The van der Waals surface area contributed by atoms with Gasteiger partial charge in [0.05, 0.1) is 23.1 Å². The normalized spacial score (nSPS) is 10.3. The van der Waals surface area contributed by atoms with E-state index in [2.05, 4.69) is 15.3 Å². The molecule has 124 valence electrons. The number of amides is 1. The second-order valence-corrected chi connectivity index (χ2v) is 5.39. The van der Waals surface area contributed by atoms with Gasteiger partial charge in [0.25, 0.3) is 5.91 Å². The second-order valence-electron chi connectivity index (χ2n) is 5.39. The highest BCUT2D eigenvalue weighted by molar-refractivity contribution is 6.03.